The number of carbonyl (C=O) groups excluding carboxylic acids is 1. The average molecular weight is 412 g/mol. The Bertz CT molecular complexity index is 1060. The molecule has 2 aliphatic heterocycles. The molecule has 6 nitrogen and oxygen atoms in total. The van der Waals surface area contributed by atoms with Gasteiger partial charge in [-0.2, -0.15) is 5.26 Å². The van der Waals surface area contributed by atoms with Gasteiger partial charge in [-0.3, -0.25) is 9.69 Å². The van der Waals surface area contributed by atoms with Crippen LogP contribution < -0.4 is 4.74 Å². The number of rotatable bonds is 3. The zero-order valence-corrected chi connectivity index (χ0v) is 16.2. The second-order valence-electron chi connectivity index (χ2n) is 6.86. The first-order valence-corrected chi connectivity index (χ1v) is 9.83. The monoisotopic (exact) mass is 412 g/mol. The summed E-state index contributed by atoms with van der Waals surface area (Å²) in [6.07, 6.45) is -0.0234. The van der Waals surface area contributed by atoms with Crippen molar-refractivity contribution in [3.05, 3.63) is 70.0 Å². The molecular weight excluding hydrogens is 395 g/mol. The number of halogens is 1. The summed E-state index contributed by atoms with van der Waals surface area (Å²) in [4.78, 5) is 14.3. The van der Waals surface area contributed by atoms with Crippen LogP contribution in [-0.4, -0.2) is 33.9 Å². The molecule has 0 unspecified atom stereocenters. The summed E-state index contributed by atoms with van der Waals surface area (Å²) in [5, 5.41) is 31.3. The van der Waals surface area contributed by atoms with Gasteiger partial charge in [-0.15, -0.1) is 11.8 Å². The van der Waals surface area contributed by atoms with Gasteiger partial charge in [-0.05, 0) is 29.8 Å². The number of hydrogen-bond donors (Lipinski definition) is 2. The van der Waals surface area contributed by atoms with Crippen LogP contribution in [0.15, 0.2) is 53.1 Å². The van der Waals surface area contributed by atoms with E-state index in [1.165, 1.54) is 54.1 Å². The van der Waals surface area contributed by atoms with Gasteiger partial charge in [0.25, 0.3) is 0 Å². The SMILES string of the molecule is COc1cc([C@H]2CC(=O)N3C(=C2C#N)SC[C@@]3(O)c2ccc(F)cc2)ccc1O. The number of allylic oxidation sites excluding steroid dienone is 1. The maximum atomic E-state index is 13.3. The molecule has 2 heterocycles. The van der Waals surface area contributed by atoms with Crippen LogP contribution in [0.5, 0.6) is 11.5 Å². The first-order chi connectivity index (χ1) is 13.9. The number of amides is 1. The maximum absolute atomic E-state index is 13.3. The Morgan fingerprint density at radius 3 is 2.69 bits per heavy atom. The van der Waals surface area contributed by atoms with Crippen molar-refractivity contribution in [1.82, 2.24) is 4.90 Å². The van der Waals surface area contributed by atoms with Gasteiger partial charge < -0.3 is 14.9 Å². The molecule has 1 amide bonds. The zero-order chi connectivity index (χ0) is 20.8. The average Bonchev–Trinajstić information content (AvgIpc) is 3.08. The molecule has 0 saturated carbocycles. The summed E-state index contributed by atoms with van der Waals surface area (Å²) < 4.78 is 18.4. The van der Waals surface area contributed by atoms with E-state index in [1.54, 1.807) is 12.1 Å². The third kappa shape index (κ3) is 3.03. The molecule has 0 radical (unpaired) electrons. The molecule has 2 N–H and O–H groups in total. The highest BCUT2D eigenvalue weighted by molar-refractivity contribution is 8.03. The molecule has 0 bridgehead atoms. The molecular formula is C21H17FN2O4S. The Labute approximate surface area is 170 Å². The Kier molecular flexibility index (Phi) is 4.73. The van der Waals surface area contributed by atoms with Crippen molar-refractivity contribution in [1.29, 1.82) is 5.26 Å². The number of carbonyl (C=O) groups is 1. The van der Waals surface area contributed by atoms with Gasteiger partial charge in [0, 0.05) is 17.9 Å². The molecule has 2 atom stereocenters. The Hall–Kier alpha value is -3.02. The van der Waals surface area contributed by atoms with E-state index >= 15 is 0 Å². The molecule has 148 valence electrons. The van der Waals surface area contributed by atoms with Crippen molar-refractivity contribution in [2.24, 2.45) is 0 Å². The molecule has 1 fully saturated rings. The number of thioether (sulfide) groups is 1. The van der Waals surface area contributed by atoms with Crippen LogP contribution in [0.2, 0.25) is 0 Å². The third-order valence-corrected chi connectivity index (χ3v) is 6.45. The van der Waals surface area contributed by atoms with E-state index in [9.17, 15) is 24.7 Å². The highest BCUT2D eigenvalue weighted by Crippen LogP contribution is 2.52. The van der Waals surface area contributed by atoms with Crippen molar-refractivity contribution < 1.29 is 24.1 Å². The van der Waals surface area contributed by atoms with E-state index in [-0.39, 0.29) is 29.6 Å². The lowest BCUT2D eigenvalue weighted by molar-refractivity contribution is -0.149. The summed E-state index contributed by atoms with van der Waals surface area (Å²) in [6, 6.07) is 12.2. The van der Waals surface area contributed by atoms with Crippen molar-refractivity contribution >= 4 is 17.7 Å². The molecule has 0 aromatic heterocycles. The van der Waals surface area contributed by atoms with Gasteiger partial charge in [0.1, 0.15) is 5.82 Å². The predicted octanol–water partition coefficient (Wildman–Crippen LogP) is 3.18. The second kappa shape index (κ2) is 7.10. The Morgan fingerprint density at radius 1 is 1.31 bits per heavy atom. The molecule has 0 spiro atoms. The molecule has 0 aliphatic carbocycles. The minimum atomic E-state index is -1.65. The van der Waals surface area contributed by atoms with Crippen molar-refractivity contribution in [2.45, 2.75) is 18.1 Å². The van der Waals surface area contributed by atoms with E-state index in [0.717, 1.165) is 0 Å². The lowest BCUT2D eigenvalue weighted by Gasteiger charge is -2.38. The number of aliphatic hydroxyl groups is 1. The number of aromatic hydroxyl groups is 1. The fraction of sp³-hybridized carbons (Fsp3) is 0.238. The number of fused-ring (bicyclic) bond motifs is 1. The third-order valence-electron chi connectivity index (χ3n) is 5.22. The summed E-state index contributed by atoms with van der Waals surface area (Å²) in [6.45, 7) is 0. The van der Waals surface area contributed by atoms with Crippen LogP contribution in [0.1, 0.15) is 23.5 Å². The van der Waals surface area contributed by atoms with Gasteiger partial charge in [-0.25, -0.2) is 4.39 Å². The van der Waals surface area contributed by atoms with Crippen LogP contribution in [0.3, 0.4) is 0 Å². The minimum absolute atomic E-state index is 0.0234. The Balaban J connectivity index is 1.80. The number of phenols is 1. The number of nitriles is 1. The van der Waals surface area contributed by atoms with E-state index in [4.69, 9.17) is 4.74 Å². The van der Waals surface area contributed by atoms with Crippen molar-refractivity contribution in [3.8, 4) is 17.6 Å². The van der Waals surface area contributed by atoms with Crippen LogP contribution in [-0.2, 0) is 10.5 Å². The normalized spacial score (nSPS) is 23.7. The predicted molar refractivity (Wildman–Crippen MR) is 104 cm³/mol. The van der Waals surface area contributed by atoms with E-state index in [0.29, 0.717) is 21.7 Å². The van der Waals surface area contributed by atoms with Gasteiger partial charge in [0.05, 0.1) is 29.5 Å². The van der Waals surface area contributed by atoms with E-state index in [2.05, 4.69) is 6.07 Å². The zero-order valence-electron chi connectivity index (χ0n) is 15.4. The topological polar surface area (TPSA) is 93.8 Å². The minimum Gasteiger partial charge on any atom is -0.504 e. The highest BCUT2D eigenvalue weighted by Gasteiger charge is 2.51. The van der Waals surface area contributed by atoms with Gasteiger partial charge in [0.15, 0.2) is 17.2 Å². The summed E-state index contributed by atoms with van der Waals surface area (Å²) in [7, 11) is 1.42. The van der Waals surface area contributed by atoms with Gasteiger partial charge >= 0.3 is 0 Å². The number of nitrogens with zero attached hydrogens (tertiary/aromatic N) is 2. The maximum Gasteiger partial charge on any atom is 0.231 e. The summed E-state index contributed by atoms with van der Waals surface area (Å²) in [5.74, 6) is -0.947. The first-order valence-electron chi connectivity index (χ1n) is 8.84. The van der Waals surface area contributed by atoms with Crippen LogP contribution >= 0.6 is 11.8 Å². The molecule has 2 aliphatic rings. The van der Waals surface area contributed by atoms with Gasteiger partial charge in [0.2, 0.25) is 5.91 Å². The first kappa shape index (κ1) is 19.3. The van der Waals surface area contributed by atoms with E-state index < -0.39 is 17.5 Å². The number of benzene rings is 2. The number of methoxy groups -OCH3 is 1. The fourth-order valence-electron chi connectivity index (χ4n) is 3.75. The molecule has 8 heteroatoms. The standard InChI is InChI=1S/C21H17FN2O4S/c1-28-18-8-12(2-7-17(18)25)15-9-19(26)24-20(16(15)10-23)29-11-21(24,27)13-3-5-14(22)6-4-13/h2-8,15,25,27H,9,11H2,1H3/t15-,21-/m1/s1. The lowest BCUT2D eigenvalue weighted by Crippen LogP contribution is -2.48. The molecule has 4 rings (SSSR count). The van der Waals surface area contributed by atoms with Crippen LogP contribution in [0, 0.1) is 17.1 Å². The second-order valence-corrected chi connectivity index (χ2v) is 7.82. The highest BCUT2D eigenvalue weighted by atomic mass is 32.2. The largest absolute Gasteiger partial charge is 0.504 e. The molecule has 2 aromatic carbocycles. The van der Waals surface area contributed by atoms with Crippen molar-refractivity contribution in [2.75, 3.05) is 12.9 Å². The van der Waals surface area contributed by atoms with Crippen LogP contribution in [0.25, 0.3) is 0 Å². The number of phenolic OH excluding ortho intramolecular Hbond substituents is 1. The van der Waals surface area contributed by atoms with Crippen LogP contribution in [0.4, 0.5) is 4.39 Å². The summed E-state index contributed by atoms with van der Waals surface area (Å²) >= 11 is 1.22. The molecule has 1 saturated heterocycles. The summed E-state index contributed by atoms with van der Waals surface area (Å²) in [5.41, 5.74) is -0.239. The van der Waals surface area contributed by atoms with E-state index in [1.807, 2.05) is 0 Å². The lowest BCUT2D eigenvalue weighted by atomic mass is 9.85. The van der Waals surface area contributed by atoms with Crippen molar-refractivity contribution in [3.63, 3.8) is 0 Å². The quantitative estimate of drug-likeness (QED) is 0.804. The molecule has 2 aromatic rings. The fourth-order valence-corrected chi connectivity index (χ4v) is 5.11. The van der Waals surface area contributed by atoms with Gasteiger partial charge in [-0.1, -0.05) is 18.2 Å². The molecule has 29 heavy (non-hydrogen) atoms. The Morgan fingerprint density at radius 2 is 2.03 bits per heavy atom. The number of hydrogen-bond acceptors (Lipinski definition) is 6. The smallest absolute Gasteiger partial charge is 0.231 e. The number of ether oxygens (including phenoxy) is 1.